The number of nitrogens with zero attached hydrogens (tertiary/aromatic N) is 4. The summed E-state index contributed by atoms with van der Waals surface area (Å²) < 4.78 is 50.6. The van der Waals surface area contributed by atoms with Gasteiger partial charge in [0.25, 0.3) is 0 Å². The third kappa shape index (κ3) is 3.93. The van der Waals surface area contributed by atoms with Crippen LogP contribution in [0, 0.1) is 5.92 Å². The Morgan fingerprint density at radius 3 is 2.53 bits per heavy atom. The molecule has 1 saturated carbocycles. The first kappa shape index (κ1) is 21.5. The highest BCUT2D eigenvalue weighted by Gasteiger charge is 2.68. The number of nitrogens with one attached hydrogen (secondary N) is 1. The smallest absolute Gasteiger partial charge is 0.403 e. The van der Waals surface area contributed by atoms with Crippen molar-refractivity contribution in [3.8, 4) is 0 Å². The first-order valence-electron chi connectivity index (χ1n) is 11.1. The fourth-order valence-electron chi connectivity index (χ4n) is 4.92. The van der Waals surface area contributed by atoms with Crippen molar-refractivity contribution >= 4 is 11.9 Å². The van der Waals surface area contributed by atoms with Crippen molar-refractivity contribution in [3.63, 3.8) is 0 Å². The van der Waals surface area contributed by atoms with Gasteiger partial charge >= 0.3 is 12.2 Å². The predicted octanol–water partition coefficient (Wildman–Crippen LogP) is 1.63. The molecule has 0 radical (unpaired) electrons. The van der Waals surface area contributed by atoms with E-state index in [0.717, 1.165) is 0 Å². The molecule has 176 valence electrons. The number of rotatable bonds is 3. The van der Waals surface area contributed by atoms with Gasteiger partial charge in [0.2, 0.25) is 17.7 Å². The van der Waals surface area contributed by atoms with Crippen molar-refractivity contribution in [2.45, 2.75) is 62.3 Å². The molecule has 4 heterocycles. The van der Waals surface area contributed by atoms with E-state index in [-0.39, 0.29) is 61.2 Å². The number of alkyl halides is 3. The first-order valence-corrected chi connectivity index (χ1v) is 11.1. The van der Waals surface area contributed by atoms with Crippen LogP contribution >= 0.6 is 0 Å². The fourth-order valence-corrected chi connectivity index (χ4v) is 4.92. The number of piperidine rings is 2. The summed E-state index contributed by atoms with van der Waals surface area (Å²) in [5.41, 5.74) is -1.95. The average Bonchev–Trinajstić information content (AvgIpc) is 3.47. The number of likely N-dealkylation sites (tertiary alicyclic amines) is 2. The van der Waals surface area contributed by atoms with Gasteiger partial charge in [0.15, 0.2) is 0 Å². The highest BCUT2D eigenvalue weighted by Crippen LogP contribution is 2.58. The van der Waals surface area contributed by atoms with E-state index in [1.807, 2.05) is 0 Å². The Kier molecular flexibility index (Phi) is 5.30. The Morgan fingerprint density at radius 2 is 1.84 bits per heavy atom. The number of carbonyl (C=O) groups excluding carboxylic acids is 2. The maximum atomic E-state index is 13.2. The maximum Gasteiger partial charge on any atom is 0.403 e. The molecule has 0 spiro atoms. The van der Waals surface area contributed by atoms with E-state index < -0.39 is 11.6 Å². The number of ether oxygens (including phenoxy) is 1. The third-order valence-corrected chi connectivity index (χ3v) is 7.11. The molecule has 1 aliphatic carbocycles. The normalized spacial score (nSPS) is 28.3. The van der Waals surface area contributed by atoms with E-state index in [0.29, 0.717) is 51.9 Å². The summed E-state index contributed by atoms with van der Waals surface area (Å²) >= 11 is 0. The molecule has 3 aliphatic heterocycles. The molecule has 3 saturated heterocycles. The van der Waals surface area contributed by atoms with Crippen LogP contribution < -0.4 is 5.32 Å². The number of morpholine rings is 1. The van der Waals surface area contributed by atoms with Gasteiger partial charge in [-0.2, -0.15) is 13.2 Å². The van der Waals surface area contributed by atoms with Crippen LogP contribution in [-0.4, -0.2) is 83.0 Å². The molecule has 0 aromatic carbocycles. The number of amides is 3. The SMILES string of the molecule is O=C1CO[C@H]2CCN(C(=O)N3CCC(Cc4nnc(C5(C(F)(F)F)CC5)o4)CC3)C[C@H]2N1. The summed E-state index contributed by atoms with van der Waals surface area (Å²) in [5, 5.41) is 10.4. The van der Waals surface area contributed by atoms with Crippen LogP contribution in [0.2, 0.25) is 0 Å². The van der Waals surface area contributed by atoms with E-state index in [4.69, 9.17) is 9.15 Å². The van der Waals surface area contributed by atoms with E-state index in [2.05, 4.69) is 15.5 Å². The van der Waals surface area contributed by atoms with Crippen LogP contribution in [-0.2, 0) is 21.4 Å². The second kappa shape index (κ2) is 7.89. The highest BCUT2D eigenvalue weighted by molar-refractivity contribution is 5.79. The van der Waals surface area contributed by atoms with Crippen LogP contribution in [0.25, 0.3) is 0 Å². The molecule has 32 heavy (non-hydrogen) atoms. The Labute approximate surface area is 182 Å². The Morgan fingerprint density at radius 1 is 1.12 bits per heavy atom. The number of aromatic nitrogens is 2. The van der Waals surface area contributed by atoms with Crippen LogP contribution in [0.1, 0.15) is 43.9 Å². The minimum absolute atomic E-state index is 0.00740. The fraction of sp³-hybridized carbons (Fsp3) is 0.800. The first-order chi connectivity index (χ1) is 15.2. The van der Waals surface area contributed by atoms with Crippen LogP contribution in [0.4, 0.5) is 18.0 Å². The molecule has 0 bridgehead atoms. The van der Waals surface area contributed by atoms with Gasteiger partial charge in [-0.1, -0.05) is 0 Å². The van der Waals surface area contributed by atoms with Gasteiger partial charge in [-0.05, 0) is 38.0 Å². The summed E-state index contributed by atoms with van der Waals surface area (Å²) in [6, 6.07) is -0.229. The number of hydrogen-bond acceptors (Lipinski definition) is 6. The summed E-state index contributed by atoms with van der Waals surface area (Å²) in [4.78, 5) is 28.1. The molecule has 4 aliphatic rings. The third-order valence-electron chi connectivity index (χ3n) is 7.11. The molecule has 1 aromatic rings. The zero-order valence-electron chi connectivity index (χ0n) is 17.6. The molecule has 1 aromatic heterocycles. The van der Waals surface area contributed by atoms with Crippen LogP contribution in [0.15, 0.2) is 4.42 Å². The second-order valence-corrected chi connectivity index (χ2v) is 9.26. The van der Waals surface area contributed by atoms with Crippen molar-refractivity contribution in [2.75, 3.05) is 32.8 Å². The van der Waals surface area contributed by atoms with Gasteiger partial charge in [0, 0.05) is 32.6 Å². The molecular weight excluding hydrogens is 431 g/mol. The predicted molar refractivity (Wildman–Crippen MR) is 103 cm³/mol. The van der Waals surface area contributed by atoms with Gasteiger partial charge in [0.1, 0.15) is 12.0 Å². The summed E-state index contributed by atoms with van der Waals surface area (Å²) in [7, 11) is 0. The molecule has 4 fully saturated rings. The lowest BCUT2D eigenvalue weighted by Crippen LogP contribution is -2.62. The van der Waals surface area contributed by atoms with Crippen molar-refractivity contribution in [3.05, 3.63) is 11.8 Å². The van der Waals surface area contributed by atoms with Gasteiger partial charge in [-0.3, -0.25) is 4.79 Å². The largest absolute Gasteiger partial charge is 0.424 e. The molecular formula is C20H26F3N5O4. The summed E-state index contributed by atoms with van der Waals surface area (Å²) in [6.45, 7) is 2.21. The molecule has 2 atom stereocenters. The molecule has 5 rings (SSSR count). The Bertz CT molecular complexity index is 879. The quantitative estimate of drug-likeness (QED) is 0.741. The van der Waals surface area contributed by atoms with Gasteiger partial charge in [0.05, 0.1) is 12.1 Å². The standard InChI is InChI=1S/C20H26F3N5O4/c21-20(22,23)19(4-5-19)17-26-25-16(32-17)9-12-1-6-27(7-2-12)18(30)28-8-3-14-13(10-28)24-15(29)11-31-14/h12-14H,1-11H2,(H,24,29)/t13-,14+/m1/s1. The number of fused-ring (bicyclic) bond motifs is 1. The molecule has 12 heteroatoms. The van der Waals surface area contributed by atoms with E-state index >= 15 is 0 Å². The van der Waals surface area contributed by atoms with Gasteiger partial charge in [-0.15, -0.1) is 10.2 Å². The Hall–Kier alpha value is -2.37. The lowest BCUT2D eigenvalue weighted by Gasteiger charge is -2.43. The highest BCUT2D eigenvalue weighted by atomic mass is 19.4. The molecule has 1 N–H and O–H groups in total. The number of urea groups is 1. The summed E-state index contributed by atoms with van der Waals surface area (Å²) in [5.74, 6) is -0.0799. The van der Waals surface area contributed by atoms with E-state index in [1.165, 1.54) is 0 Å². The molecule has 0 unspecified atom stereocenters. The summed E-state index contributed by atoms with van der Waals surface area (Å²) in [6.07, 6.45) is -1.90. The zero-order chi connectivity index (χ0) is 22.5. The van der Waals surface area contributed by atoms with Crippen molar-refractivity contribution in [2.24, 2.45) is 5.92 Å². The van der Waals surface area contributed by atoms with Crippen LogP contribution in [0.3, 0.4) is 0 Å². The van der Waals surface area contributed by atoms with E-state index in [1.54, 1.807) is 9.80 Å². The maximum absolute atomic E-state index is 13.2. The Balaban J connectivity index is 1.12. The minimum Gasteiger partial charge on any atom is -0.424 e. The monoisotopic (exact) mass is 457 g/mol. The van der Waals surface area contributed by atoms with Crippen LogP contribution in [0.5, 0.6) is 0 Å². The van der Waals surface area contributed by atoms with Gasteiger partial charge in [-0.25, -0.2) is 4.79 Å². The number of hydrogen-bond donors (Lipinski definition) is 1. The van der Waals surface area contributed by atoms with E-state index in [9.17, 15) is 22.8 Å². The minimum atomic E-state index is -4.37. The average molecular weight is 457 g/mol. The van der Waals surface area contributed by atoms with Crippen molar-refractivity contribution in [1.82, 2.24) is 25.3 Å². The molecule has 9 nitrogen and oxygen atoms in total. The van der Waals surface area contributed by atoms with Gasteiger partial charge < -0.3 is 24.3 Å². The zero-order valence-corrected chi connectivity index (χ0v) is 17.6. The lowest BCUT2D eigenvalue weighted by atomic mass is 9.93. The topological polar surface area (TPSA) is 101 Å². The second-order valence-electron chi connectivity index (χ2n) is 9.26. The number of halogens is 3. The molecule has 3 amide bonds. The number of carbonyl (C=O) groups is 2. The lowest BCUT2D eigenvalue weighted by molar-refractivity contribution is -0.165. The van der Waals surface area contributed by atoms with Crippen molar-refractivity contribution in [1.29, 1.82) is 0 Å². The van der Waals surface area contributed by atoms with Crippen molar-refractivity contribution < 1.29 is 31.9 Å².